The van der Waals surface area contributed by atoms with Crippen LogP contribution < -0.4 is 20.3 Å². The molecule has 0 saturated carbocycles. The normalized spacial score (nSPS) is 11.7. The average Bonchev–Trinajstić information content (AvgIpc) is 2.96. The number of fused-ring (bicyclic) bond motifs is 1. The maximum absolute atomic E-state index is 14.0. The van der Waals surface area contributed by atoms with Gasteiger partial charge in [-0.1, -0.05) is 56.2 Å². The maximum atomic E-state index is 14.0. The number of aromatic nitrogens is 2. The summed E-state index contributed by atoms with van der Waals surface area (Å²) in [6.07, 6.45) is 2.79. The van der Waals surface area contributed by atoms with E-state index in [0.717, 1.165) is 19.3 Å². The van der Waals surface area contributed by atoms with Gasteiger partial charge in [-0.2, -0.15) is 0 Å². The molecular formula is C31H36N4O4. The van der Waals surface area contributed by atoms with Crippen LogP contribution in [0.5, 0.6) is 11.5 Å². The van der Waals surface area contributed by atoms with Crippen LogP contribution in [0, 0.1) is 0 Å². The van der Waals surface area contributed by atoms with E-state index in [1.54, 1.807) is 34.8 Å². The van der Waals surface area contributed by atoms with Gasteiger partial charge >= 0.3 is 6.03 Å². The first kappa shape index (κ1) is 27.7. The van der Waals surface area contributed by atoms with Gasteiger partial charge in [0.05, 0.1) is 42.0 Å². The molecule has 4 aromatic rings. The van der Waals surface area contributed by atoms with Gasteiger partial charge < -0.3 is 19.7 Å². The van der Waals surface area contributed by atoms with Crippen LogP contribution in [0.25, 0.3) is 16.6 Å². The fourth-order valence-corrected chi connectivity index (χ4v) is 4.66. The molecule has 1 atom stereocenters. The van der Waals surface area contributed by atoms with Gasteiger partial charge in [0.15, 0.2) is 0 Å². The second-order valence-corrected chi connectivity index (χ2v) is 9.24. The van der Waals surface area contributed by atoms with Crippen molar-refractivity contribution in [1.29, 1.82) is 0 Å². The van der Waals surface area contributed by atoms with E-state index in [2.05, 4.69) is 12.2 Å². The lowest BCUT2D eigenvalue weighted by molar-refractivity contribution is 0.187. The number of hydrogen-bond acceptors (Lipinski definition) is 5. The summed E-state index contributed by atoms with van der Waals surface area (Å²) in [5.74, 6) is 1.60. The van der Waals surface area contributed by atoms with Crippen molar-refractivity contribution in [2.24, 2.45) is 0 Å². The number of unbranched alkanes of at least 4 members (excludes halogenated alkanes) is 2. The minimum absolute atomic E-state index is 0.215. The molecular weight excluding hydrogens is 492 g/mol. The van der Waals surface area contributed by atoms with Crippen molar-refractivity contribution in [1.82, 2.24) is 14.5 Å². The molecule has 4 rings (SSSR count). The summed E-state index contributed by atoms with van der Waals surface area (Å²) in [6, 6.07) is 21.1. The van der Waals surface area contributed by atoms with Gasteiger partial charge in [0, 0.05) is 6.54 Å². The minimum Gasteiger partial charge on any atom is -0.495 e. The summed E-state index contributed by atoms with van der Waals surface area (Å²) in [5, 5.41) is 3.50. The number of amides is 2. The van der Waals surface area contributed by atoms with Crippen molar-refractivity contribution in [2.75, 3.05) is 25.6 Å². The lowest BCUT2D eigenvalue weighted by Crippen LogP contribution is -2.40. The van der Waals surface area contributed by atoms with Crippen LogP contribution in [0.3, 0.4) is 0 Å². The number of carbonyl (C=O) groups is 1. The molecule has 1 unspecified atom stereocenters. The highest BCUT2D eigenvalue weighted by Crippen LogP contribution is 2.29. The zero-order valence-electron chi connectivity index (χ0n) is 23.0. The van der Waals surface area contributed by atoms with Crippen molar-refractivity contribution in [2.45, 2.75) is 46.1 Å². The van der Waals surface area contributed by atoms with E-state index in [1.807, 2.05) is 68.4 Å². The fraction of sp³-hybridized carbons (Fsp3) is 0.323. The van der Waals surface area contributed by atoms with Crippen molar-refractivity contribution >= 4 is 22.6 Å². The van der Waals surface area contributed by atoms with E-state index in [9.17, 15) is 9.59 Å². The lowest BCUT2D eigenvalue weighted by Gasteiger charge is -2.31. The second-order valence-electron chi connectivity index (χ2n) is 9.24. The summed E-state index contributed by atoms with van der Waals surface area (Å²) in [7, 11) is 1.57. The molecule has 0 bridgehead atoms. The Kier molecular flexibility index (Phi) is 9.20. The number of nitrogens with one attached hydrogen (secondary N) is 1. The molecule has 0 aliphatic carbocycles. The number of anilines is 1. The number of ether oxygens (including phenoxy) is 2. The number of urea groups is 1. The number of carbonyl (C=O) groups excluding carboxylic acids is 1. The van der Waals surface area contributed by atoms with Gasteiger partial charge in [0.2, 0.25) is 0 Å². The lowest BCUT2D eigenvalue weighted by atomic mass is 10.1. The molecule has 3 aromatic carbocycles. The highest BCUT2D eigenvalue weighted by Gasteiger charge is 2.28. The summed E-state index contributed by atoms with van der Waals surface area (Å²) in [5.41, 5.74) is 1.52. The highest BCUT2D eigenvalue weighted by molar-refractivity contribution is 5.91. The first-order valence-electron chi connectivity index (χ1n) is 13.4. The first-order chi connectivity index (χ1) is 19.0. The van der Waals surface area contributed by atoms with Crippen molar-refractivity contribution < 1.29 is 14.3 Å². The number of rotatable bonds is 11. The van der Waals surface area contributed by atoms with Gasteiger partial charge in [-0.25, -0.2) is 9.78 Å². The van der Waals surface area contributed by atoms with Crippen LogP contribution in [0.2, 0.25) is 0 Å². The molecule has 0 aliphatic rings. The summed E-state index contributed by atoms with van der Waals surface area (Å²) in [4.78, 5) is 34.4. The summed E-state index contributed by atoms with van der Waals surface area (Å²) >= 11 is 0. The molecule has 8 nitrogen and oxygen atoms in total. The standard InChI is InChI=1S/C31H36N4O4/c1-5-7-14-21-34(31(37)33-25-17-10-12-19-27(25)38-4)22(3)29-32-24-16-9-8-15-23(24)30(36)35(29)26-18-11-13-20-28(26)39-6-2/h8-13,15-20,22H,5-7,14,21H2,1-4H3,(H,33,37). The molecule has 204 valence electrons. The number of para-hydroxylation sites is 5. The quantitative estimate of drug-likeness (QED) is 0.222. The SMILES string of the molecule is CCCCCN(C(=O)Nc1ccccc1OC)C(C)c1nc2ccccc2c(=O)n1-c1ccccc1OCC. The highest BCUT2D eigenvalue weighted by atomic mass is 16.5. The molecule has 1 heterocycles. The summed E-state index contributed by atoms with van der Waals surface area (Å²) < 4.78 is 12.9. The molecule has 2 amide bonds. The molecule has 0 aliphatic heterocycles. The van der Waals surface area contributed by atoms with Crippen LogP contribution in [-0.2, 0) is 0 Å². The predicted molar refractivity (Wildman–Crippen MR) is 155 cm³/mol. The Morgan fingerprint density at radius 2 is 1.67 bits per heavy atom. The van der Waals surface area contributed by atoms with E-state index >= 15 is 0 Å². The Bertz CT molecular complexity index is 1480. The smallest absolute Gasteiger partial charge is 0.322 e. The zero-order chi connectivity index (χ0) is 27.8. The Balaban J connectivity index is 1.85. The third-order valence-corrected chi connectivity index (χ3v) is 6.66. The molecule has 39 heavy (non-hydrogen) atoms. The monoisotopic (exact) mass is 528 g/mol. The largest absolute Gasteiger partial charge is 0.495 e. The Hall–Kier alpha value is -4.33. The van der Waals surface area contributed by atoms with Crippen LogP contribution in [0.1, 0.15) is 51.9 Å². The van der Waals surface area contributed by atoms with E-state index in [1.165, 1.54) is 0 Å². The van der Waals surface area contributed by atoms with Crippen LogP contribution in [0.15, 0.2) is 77.6 Å². The topological polar surface area (TPSA) is 85.7 Å². The maximum Gasteiger partial charge on any atom is 0.322 e. The number of methoxy groups -OCH3 is 1. The van der Waals surface area contributed by atoms with Crippen molar-refractivity contribution in [3.05, 3.63) is 89.0 Å². The number of benzene rings is 3. The van der Waals surface area contributed by atoms with E-state index < -0.39 is 6.04 Å². The second kappa shape index (κ2) is 13.0. The van der Waals surface area contributed by atoms with Gasteiger partial charge in [-0.15, -0.1) is 0 Å². The van der Waals surface area contributed by atoms with Crippen molar-refractivity contribution in [3.63, 3.8) is 0 Å². The molecule has 8 heteroatoms. The predicted octanol–water partition coefficient (Wildman–Crippen LogP) is 6.58. The first-order valence-corrected chi connectivity index (χ1v) is 13.4. The van der Waals surface area contributed by atoms with E-state index in [-0.39, 0.29) is 11.6 Å². The summed E-state index contributed by atoms with van der Waals surface area (Å²) in [6.45, 7) is 6.87. The third-order valence-electron chi connectivity index (χ3n) is 6.66. The number of nitrogens with zero attached hydrogens (tertiary/aromatic N) is 3. The fourth-order valence-electron chi connectivity index (χ4n) is 4.66. The van der Waals surface area contributed by atoms with Gasteiger partial charge in [0.25, 0.3) is 5.56 Å². The van der Waals surface area contributed by atoms with E-state index in [0.29, 0.717) is 52.8 Å². The number of hydrogen-bond donors (Lipinski definition) is 1. The molecule has 1 N–H and O–H groups in total. The minimum atomic E-state index is -0.538. The van der Waals surface area contributed by atoms with Crippen LogP contribution in [0.4, 0.5) is 10.5 Å². The molecule has 0 fully saturated rings. The van der Waals surface area contributed by atoms with Gasteiger partial charge in [-0.05, 0) is 56.7 Å². The molecule has 0 spiro atoms. The van der Waals surface area contributed by atoms with Crippen LogP contribution >= 0.6 is 0 Å². The van der Waals surface area contributed by atoms with Crippen molar-refractivity contribution in [3.8, 4) is 17.2 Å². The van der Waals surface area contributed by atoms with Gasteiger partial charge in [-0.3, -0.25) is 9.36 Å². The molecule has 0 saturated heterocycles. The Morgan fingerprint density at radius 1 is 0.974 bits per heavy atom. The zero-order valence-corrected chi connectivity index (χ0v) is 23.0. The Morgan fingerprint density at radius 3 is 2.41 bits per heavy atom. The van der Waals surface area contributed by atoms with E-state index in [4.69, 9.17) is 14.5 Å². The molecule has 1 aromatic heterocycles. The Labute approximate surface area is 229 Å². The average molecular weight is 529 g/mol. The molecule has 0 radical (unpaired) electrons. The third kappa shape index (κ3) is 6.06. The van der Waals surface area contributed by atoms with Gasteiger partial charge in [0.1, 0.15) is 17.3 Å². The van der Waals surface area contributed by atoms with Crippen LogP contribution in [-0.4, -0.2) is 40.7 Å².